The third-order valence-electron chi connectivity index (χ3n) is 5.58. The van der Waals surface area contributed by atoms with Crippen molar-refractivity contribution in [3.8, 4) is 0 Å². The van der Waals surface area contributed by atoms with Gasteiger partial charge in [0, 0.05) is 36.7 Å². The van der Waals surface area contributed by atoms with Crippen LogP contribution in [0.5, 0.6) is 0 Å². The van der Waals surface area contributed by atoms with E-state index < -0.39 is 9.84 Å². The van der Waals surface area contributed by atoms with Crippen molar-refractivity contribution in [1.29, 1.82) is 0 Å². The van der Waals surface area contributed by atoms with Crippen LogP contribution in [0.4, 0.5) is 5.82 Å². The number of aromatic nitrogens is 2. The van der Waals surface area contributed by atoms with E-state index >= 15 is 0 Å². The summed E-state index contributed by atoms with van der Waals surface area (Å²) in [5, 5.41) is 4.08. The molecule has 1 N–H and O–H groups in total. The van der Waals surface area contributed by atoms with Crippen LogP contribution in [0.1, 0.15) is 32.1 Å². The van der Waals surface area contributed by atoms with E-state index in [-0.39, 0.29) is 22.8 Å². The molecule has 7 nitrogen and oxygen atoms in total. The van der Waals surface area contributed by atoms with Gasteiger partial charge in [0.15, 0.2) is 9.84 Å². The highest BCUT2D eigenvalue weighted by Gasteiger charge is 2.32. The summed E-state index contributed by atoms with van der Waals surface area (Å²) >= 11 is 0. The first kappa shape index (κ1) is 18.2. The Balaban J connectivity index is 1.52. The van der Waals surface area contributed by atoms with Crippen molar-refractivity contribution in [3.63, 3.8) is 0 Å². The van der Waals surface area contributed by atoms with Gasteiger partial charge < -0.3 is 10.2 Å². The molecule has 1 amide bonds. The lowest BCUT2D eigenvalue weighted by Crippen LogP contribution is -2.35. The number of nitrogens with one attached hydrogen (secondary N) is 1. The Kier molecular flexibility index (Phi) is 4.75. The van der Waals surface area contributed by atoms with Crippen LogP contribution < -0.4 is 5.32 Å². The molecule has 1 aliphatic heterocycles. The molecular formula is C19H24N4O3S. The summed E-state index contributed by atoms with van der Waals surface area (Å²) in [5.41, 5.74) is 0.691. The van der Waals surface area contributed by atoms with E-state index in [0.29, 0.717) is 23.3 Å². The molecule has 2 aliphatic rings. The fourth-order valence-corrected chi connectivity index (χ4v) is 4.73. The van der Waals surface area contributed by atoms with Gasteiger partial charge in [0.05, 0.1) is 10.4 Å². The molecule has 1 saturated carbocycles. The summed E-state index contributed by atoms with van der Waals surface area (Å²) in [5.74, 6) is 1.09. The fraction of sp³-hybridized carbons (Fsp3) is 0.526. The second-order valence-electron chi connectivity index (χ2n) is 7.57. The monoisotopic (exact) mass is 388 g/mol. The van der Waals surface area contributed by atoms with Crippen LogP contribution in [-0.2, 0) is 14.6 Å². The molecule has 4 rings (SSSR count). The van der Waals surface area contributed by atoms with Crippen molar-refractivity contribution in [2.45, 2.75) is 43.0 Å². The number of rotatable bonds is 4. The second-order valence-corrected chi connectivity index (χ2v) is 9.58. The summed E-state index contributed by atoms with van der Waals surface area (Å²) in [7, 11) is -3.30. The third kappa shape index (κ3) is 3.76. The lowest BCUT2D eigenvalue weighted by molar-refractivity contribution is -0.134. The Bertz CT molecular complexity index is 970. The predicted octanol–water partition coefficient (Wildman–Crippen LogP) is 2.24. The molecule has 2 heterocycles. The number of anilines is 1. The maximum atomic E-state index is 12.6. The van der Waals surface area contributed by atoms with Gasteiger partial charge >= 0.3 is 0 Å². The predicted molar refractivity (Wildman–Crippen MR) is 103 cm³/mol. The first-order valence-electron chi connectivity index (χ1n) is 9.42. The Morgan fingerprint density at radius 3 is 2.70 bits per heavy atom. The van der Waals surface area contributed by atoms with Crippen molar-refractivity contribution in [1.82, 2.24) is 14.9 Å². The van der Waals surface area contributed by atoms with Crippen LogP contribution in [0.15, 0.2) is 29.4 Å². The first-order chi connectivity index (χ1) is 12.9. The molecule has 0 bridgehead atoms. The minimum Gasteiger partial charge on any atom is -0.365 e. The number of amides is 1. The summed E-state index contributed by atoms with van der Waals surface area (Å²) in [6.45, 7) is 1.41. The fourth-order valence-electron chi connectivity index (χ4n) is 4.08. The summed E-state index contributed by atoms with van der Waals surface area (Å²) in [6, 6.07) is 4.98. The number of carbonyl (C=O) groups excluding carboxylic acids is 1. The van der Waals surface area contributed by atoms with E-state index in [0.717, 1.165) is 38.6 Å². The highest BCUT2D eigenvalue weighted by molar-refractivity contribution is 7.90. The molecule has 1 aliphatic carbocycles. The minimum absolute atomic E-state index is 0.107. The molecule has 0 radical (unpaired) electrons. The zero-order chi connectivity index (χ0) is 19.0. The Labute approximate surface area is 159 Å². The normalized spacial score (nSPS) is 21.1. The maximum Gasteiger partial charge on any atom is 0.225 e. The van der Waals surface area contributed by atoms with Gasteiger partial charge in [-0.2, -0.15) is 0 Å². The topological polar surface area (TPSA) is 92.3 Å². The molecule has 1 aromatic carbocycles. The molecule has 0 unspecified atom stereocenters. The van der Waals surface area contributed by atoms with E-state index in [2.05, 4.69) is 15.3 Å². The zero-order valence-corrected chi connectivity index (χ0v) is 16.2. The largest absolute Gasteiger partial charge is 0.365 e. The number of hydrogen-bond acceptors (Lipinski definition) is 6. The van der Waals surface area contributed by atoms with E-state index in [1.165, 1.54) is 12.6 Å². The van der Waals surface area contributed by atoms with Gasteiger partial charge in [-0.25, -0.2) is 18.4 Å². The van der Waals surface area contributed by atoms with Gasteiger partial charge in [-0.15, -0.1) is 0 Å². The average molecular weight is 388 g/mol. The third-order valence-corrected chi connectivity index (χ3v) is 6.69. The van der Waals surface area contributed by atoms with Gasteiger partial charge in [-0.3, -0.25) is 4.79 Å². The van der Waals surface area contributed by atoms with Crippen molar-refractivity contribution in [2.24, 2.45) is 5.92 Å². The highest BCUT2D eigenvalue weighted by atomic mass is 32.2. The molecule has 1 aromatic heterocycles. The van der Waals surface area contributed by atoms with Gasteiger partial charge in [0.2, 0.25) is 5.91 Å². The van der Waals surface area contributed by atoms with E-state index in [1.54, 1.807) is 18.2 Å². The van der Waals surface area contributed by atoms with E-state index in [4.69, 9.17) is 0 Å². The number of likely N-dealkylation sites (tertiary alicyclic amines) is 1. The quantitative estimate of drug-likeness (QED) is 0.864. The number of carbonyl (C=O) groups is 1. The number of nitrogens with zero attached hydrogens (tertiary/aromatic N) is 3. The van der Waals surface area contributed by atoms with Crippen molar-refractivity contribution in [2.75, 3.05) is 24.7 Å². The van der Waals surface area contributed by atoms with Crippen LogP contribution in [0.25, 0.3) is 10.9 Å². The van der Waals surface area contributed by atoms with Gasteiger partial charge in [0.1, 0.15) is 12.1 Å². The van der Waals surface area contributed by atoms with E-state index in [9.17, 15) is 13.2 Å². The molecule has 0 spiro atoms. The number of sulfone groups is 1. The molecule has 2 fully saturated rings. The standard InChI is InChI=1S/C19H24N4O3S/c1-27(25,26)15-6-7-17-16(10-15)18(21-12-20-17)22-14-8-9-23(11-14)19(24)13-4-2-3-5-13/h6-7,10,12-14H,2-5,8-9,11H2,1H3,(H,20,21,22)/t14-/m1/s1. The smallest absolute Gasteiger partial charge is 0.225 e. The van der Waals surface area contributed by atoms with E-state index in [1.807, 2.05) is 4.90 Å². The zero-order valence-electron chi connectivity index (χ0n) is 15.4. The molecule has 27 heavy (non-hydrogen) atoms. The van der Waals surface area contributed by atoms with Crippen molar-refractivity contribution in [3.05, 3.63) is 24.5 Å². The molecular weight excluding hydrogens is 364 g/mol. The molecule has 8 heteroatoms. The summed E-state index contributed by atoms with van der Waals surface area (Å²) < 4.78 is 23.7. The summed E-state index contributed by atoms with van der Waals surface area (Å²) in [6.07, 6.45) is 7.85. The Morgan fingerprint density at radius 2 is 1.96 bits per heavy atom. The first-order valence-corrected chi connectivity index (χ1v) is 11.3. The highest BCUT2D eigenvalue weighted by Crippen LogP contribution is 2.29. The molecule has 1 saturated heterocycles. The lowest BCUT2D eigenvalue weighted by Gasteiger charge is -2.21. The van der Waals surface area contributed by atoms with Crippen LogP contribution in [0, 0.1) is 5.92 Å². The lowest BCUT2D eigenvalue weighted by atomic mass is 10.1. The average Bonchev–Trinajstić information content (AvgIpc) is 3.32. The second kappa shape index (κ2) is 7.07. The van der Waals surface area contributed by atoms with Crippen LogP contribution >= 0.6 is 0 Å². The molecule has 2 aromatic rings. The van der Waals surface area contributed by atoms with Crippen molar-refractivity contribution < 1.29 is 13.2 Å². The SMILES string of the molecule is CS(=O)(=O)c1ccc2ncnc(N[C@@H]3CCN(C(=O)C4CCCC4)C3)c2c1. The van der Waals surface area contributed by atoms with Crippen LogP contribution in [0.2, 0.25) is 0 Å². The van der Waals surface area contributed by atoms with Gasteiger partial charge in [-0.05, 0) is 37.5 Å². The Hall–Kier alpha value is -2.22. The summed E-state index contributed by atoms with van der Waals surface area (Å²) in [4.78, 5) is 23.4. The Morgan fingerprint density at radius 1 is 1.19 bits per heavy atom. The molecule has 144 valence electrons. The van der Waals surface area contributed by atoms with Gasteiger partial charge in [0.25, 0.3) is 0 Å². The van der Waals surface area contributed by atoms with Crippen molar-refractivity contribution >= 4 is 32.5 Å². The number of hydrogen-bond donors (Lipinski definition) is 1. The minimum atomic E-state index is -3.30. The maximum absolute atomic E-state index is 12.6. The van der Waals surface area contributed by atoms with Crippen LogP contribution in [0.3, 0.4) is 0 Å². The number of fused-ring (bicyclic) bond motifs is 1. The molecule has 1 atom stereocenters. The van der Waals surface area contributed by atoms with Gasteiger partial charge in [-0.1, -0.05) is 12.8 Å². The number of benzene rings is 1. The van der Waals surface area contributed by atoms with Crippen LogP contribution in [-0.4, -0.2) is 54.6 Å².